The molecular formula is C15H24BrNO2S. The topological polar surface area (TPSA) is 46.2 Å². The molecule has 1 aromatic rings. The van der Waals surface area contributed by atoms with Crippen LogP contribution in [0, 0.1) is 6.92 Å². The lowest BCUT2D eigenvalue weighted by atomic mass is 10.0. The van der Waals surface area contributed by atoms with Crippen LogP contribution in [0.25, 0.3) is 0 Å². The van der Waals surface area contributed by atoms with Crippen molar-refractivity contribution >= 4 is 25.8 Å². The van der Waals surface area contributed by atoms with Gasteiger partial charge < -0.3 is 5.32 Å². The second-order valence-electron chi connectivity index (χ2n) is 5.00. The van der Waals surface area contributed by atoms with Crippen molar-refractivity contribution in [2.75, 3.05) is 18.1 Å². The van der Waals surface area contributed by atoms with Gasteiger partial charge in [0.2, 0.25) is 0 Å². The fourth-order valence-electron chi connectivity index (χ4n) is 2.11. The molecule has 0 aliphatic carbocycles. The summed E-state index contributed by atoms with van der Waals surface area (Å²) in [6, 6.07) is 6.54. The summed E-state index contributed by atoms with van der Waals surface area (Å²) in [6.07, 6.45) is 1.53. The summed E-state index contributed by atoms with van der Waals surface area (Å²) >= 11 is 3.55. The Labute approximate surface area is 131 Å². The molecule has 114 valence electrons. The molecule has 5 heteroatoms. The first-order valence-electron chi connectivity index (χ1n) is 7.09. The van der Waals surface area contributed by atoms with Crippen LogP contribution in [0.3, 0.4) is 0 Å². The average molecular weight is 362 g/mol. The van der Waals surface area contributed by atoms with E-state index in [2.05, 4.69) is 53.3 Å². The molecule has 3 nitrogen and oxygen atoms in total. The molecule has 0 aromatic heterocycles. The Hall–Kier alpha value is -0.390. The minimum atomic E-state index is -2.86. The lowest BCUT2D eigenvalue weighted by molar-refractivity contribution is 0.506. The zero-order valence-corrected chi connectivity index (χ0v) is 14.9. The number of aryl methyl sites for hydroxylation is 1. The largest absolute Gasteiger partial charge is 0.310 e. The number of halogens is 1. The van der Waals surface area contributed by atoms with Crippen LogP contribution in [-0.2, 0) is 9.84 Å². The summed E-state index contributed by atoms with van der Waals surface area (Å²) in [6.45, 7) is 6.70. The van der Waals surface area contributed by atoms with Crippen LogP contribution < -0.4 is 5.32 Å². The van der Waals surface area contributed by atoms with Gasteiger partial charge in [-0.25, -0.2) is 8.42 Å². The van der Waals surface area contributed by atoms with E-state index >= 15 is 0 Å². The van der Waals surface area contributed by atoms with Crippen LogP contribution in [0.2, 0.25) is 0 Å². The summed E-state index contributed by atoms with van der Waals surface area (Å²) < 4.78 is 24.2. The normalized spacial score (nSPS) is 13.4. The van der Waals surface area contributed by atoms with E-state index in [1.807, 2.05) is 0 Å². The Morgan fingerprint density at radius 3 is 2.55 bits per heavy atom. The Balaban J connectivity index is 2.71. The molecule has 0 heterocycles. The lowest BCUT2D eigenvalue weighted by Gasteiger charge is -2.19. The molecule has 0 aliphatic rings. The van der Waals surface area contributed by atoms with Gasteiger partial charge in [-0.3, -0.25) is 0 Å². The van der Waals surface area contributed by atoms with Gasteiger partial charge in [0.05, 0.1) is 5.75 Å². The predicted octanol–water partition coefficient (Wildman–Crippen LogP) is 3.62. The van der Waals surface area contributed by atoms with E-state index in [-0.39, 0.29) is 17.5 Å². The van der Waals surface area contributed by atoms with Gasteiger partial charge in [0, 0.05) is 16.3 Å². The molecule has 20 heavy (non-hydrogen) atoms. The van der Waals surface area contributed by atoms with Crippen LogP contribution in [0.1, 0.15) is 43.9 Å². The molecule has 0 saturated carbocycles. The van der Waals surface area contributed by atoms with Gasteiger partial charge in [-0.15, -0.1) is 0 Å². The fraction of sp³-hybridized carbons (Fsp3) is 0.600. The predicted molar refractivity (Wildman–Crippen MR) is 88.9 cm³/mol. The molecule has 0 aliphatic heterocycles. The molecule has 1 rings (SSSR count). The Bertz CT molecular complexity index is 529. The maximum atomic E-state index is 11.5. The van der Waals surface area contributed by atoms with Crippen LogP contribution in [0.15, 0.2) is 22.7 Å². The van der Waals surface area contributed by atoms with Crippen LogP contribution >= 0.6 is 15.9 Å². The maximum absolute atomic E-state index is 11.5. The zero-order chi connectivity index (χ0) is 15.2. The zero-order valence-electron chi connectivity index (χ0n) is 12.4. The van der Waals surface area contributed by atoms with Crippen molar-refractivity contribution in [3.63, 3.8) is 0 Å². The second kappa shape index (κ2) is 8.15. The number of hydrogen-bond donors (Lipinski definition) is 1. The van der Waals surface area contributed by atoms with Gasteiger partial charge in [-0.1, -0.05) is 41.9 Å². The molecule has 1 N–H and O–H groups in total. The monoisotopic (exact) mass is 361 g/mol. The molecule has 0 radical (unpaired) electrons. The third-order valence-corrected chi connectivity index (χ3v) is 6.08. The molecule has 0 bridgehead atoms. The average Bonchev–Trinajstić information content (AvgIpc) is 2.41. The molecular weight excluding hydrogens is 338 g/mol. The van der Waals surface area contributed by atoms with Crippen molar-refractivity contribution in [2.24, 2.45) is 0 Å². The van der Waals surface area contributed by atoms with Crippen molar-refractivity contribution in [3.05, 3.63) is 33.8 Å². The third-order valence-electron chi connectivity index (χ3n) is 3.44. The van der Waals surface area contributed by atoms with Crippen LogP contribution in [-0.4, -0.2) is 26.5 Å². The molecule has 0 spiro atoms. The Kier molecular flexibility index (Phi) is 7.20. The van der Waals surface area contributed by atoms with Gasteiger partial charge in [0.25, 0.3) is 0 Å². The highest BCUT2D eigenvalue weighted by atomic mass is 79.9. The van der Waals surface area contributed by atoms with E-state index in [0.29, 0.717) is 6.42 Å². The van der Waals surface area contributed by atoms with Crippen molar-refractivity contribution < 1.29 is 8.42 Å². The van der Waals surface area contributed by atoms with E-state index in [9.17, 15) is 8.42 Å². The quantitative estimate of drug-likeness (QED) is 0.768. The van der Waals surface area contributed by atoms with E-state index in [0.717, 1.165) is 17.4 Å². The second-order valence-corrected chi connectivity index (χ2v) is 8.32. The van der Waals surface area contributed by atoms with Crippen molar-refractivity contribution in [3.8, 4) is 0 Å². The molecule has 0 amide bonds. The number of sulfone groups is 1. The Morgan fingerprint density at radius 1 is 1.30 bits per heavy atom. The summed E-state index contributed by atoms with van der Waals surface area (Å²) in [5.41, 5.74) is 2.41. The Morgan fingerprint density at radius 2 is 2.00 bits per heavy atom. The highest BCUT2D eigenvalue weighted by molar-refractivity contribution is 9.10. The van der Waals surface area contributed by atoms with Crippen molar-refractivity contribution in [2.45, 2.75) is 39.7 Å². The van der Waals surface area contributed by atoms with Crippen molar-refractivity contribution in [1.82, 2.24) is 5.32 Å². The first-order valence-corrected chi connectivity index (χ1v) is 9.71. The number of rotatable bonds is 8. The standard InChI is InChI=1S/C15H24BrNO2S/c1-4-17-15(7-6-10-20(18,19)5-2)13-9-8-12(3)14(16)11-13/h8-9,11,15,17H,4-7,10H2,1-3H3. The number of nitrogens with one attached hydrogen (secondary N) is 1. The fourth-order valence-corrected chi connectivity index (χ4v) is 3.40. The minimum absolute atomic E-state index is 0.212. The third kappa shape index (κ3) is 5.54. The van der Waals surface area contributed by atoms with Gasteiger partial charge in [0.1, 0.15) is 9.84 Å². The van der Waals surface area contributed by atoms with Crippen molar-refractivity contribution in [1.29, 1.82) is 0 Å². The van der Waals surface area contributed by atoms with E-state index in [1.165, 1.54) is 11.1 Å². The molecule has 0 saturated heterocycles. The molecule has 1 aromatic carbocycles. The van der Waals surface area contributed by atoms with Gasteiger partial charge >= 0.3 is 0 Å². The first kappa shape index (κ1) is 17.7. The molecule has 1 atom stereocenters. The van der Waals surface area contributed by atoms with Crippen LogP contribution in [0.5, 0.6) is 0 Å². The van der Waals surface area contributed by atoms with Gasteiger partial charge in [0.15, 0.2) is 0 Å². The van der Waals surface area contributed by atoms with E-state index in [4.69, 9.17) is 0 Å². The summed E-state index contributed by atoms with van der Waals surface area (Å²) in [7, 11) is -2.86. The maximum Gasteiger partial charge on any atom is 0.150 e. The minimum Gasteiger partial charge on any atom is -0.310 e. The number of hydrogen-bond acceptors (Lipinski definition) is 3. The number of benzene rings is 1. The highest BCUT2D eigenvalue weighted by Gasteiger charge is 2.14. The van der Waals surface area contributed by atoms with E-state index < -0.39 is 9.84 Å². The van der Waals surface area contributed by atoms with Gasteiger partial charge in [-0.05, 0) is 43.5 Å². The molecule has 1 unspecified atom stereocenters. The summed E-state index contributed by atoms with van der Waals surface area (Å²) in [5.74, 6) is 0.507. The summed E-state index contributed by atoms with van der Waals surface area (Å²) in [5, 5.41) is 3.43. The summed E-state index contributed by atoms with van der Waals surface area (Å²) in [4.78, 5) is 0. The molecule has 0 fully saturated rings. The lowest BCUT2D eigenvalue weighted by Crippen LogP contribution is -2.22. The first-order chi connectivity index (χ1) is 9.39. The highest BCUT2D eigenvalue weighted by Crippen LogP contribution is 2.24. The SMILES string of the molecule is CCNC(CCCS(=O)(=O)CC)c1ccc(C)c(Br)c1. The van der Waals surface area contributed by atoms with Crippen LogP contribution in [0.4, 0.5) is 0 Å². The van der Waals surface area contributed by atoms with Gasteiger partial charge in [-0.2, -0.15) is 0 Å². The smallest absolute Gasteiger partial charge is 0.150 e. The van der Waals surface area contributed by atoms with E-state index in [1.54, 1.807) is 6.92 Å².